The fourth-order valence-electron chi connectivity index (χ4n) is 2.24. The minimum absolute atomic E-state index is 0.526. The number of benzene rings is 1. The number of aromatic nitrogens is 2. The van der Waals surface area contributed by atoms with Crippen LogP contribution >= 0.6 is 11.3 Å². The molecule has 0 radical (unpaired) electrons. The van der Waals surface area contributed by atoms with E-state index in [0.29, 0.717) is 6.42 Å². The van der Waals surface area contributed by atoms with Gasteiger partial charge in [0.2, 0.25) is 0 Å². The Morgan fingerprint density at radius 2 is 2.21 bits per heavy atom. The molecule has 0 aliphatic heterocycles. The first-order chi connectivity index (χ1) is 9.29. The molecule has 2 heterocycles. The van der Waals surface area contributed by atoms with Gasteiger partial charge in [-0.15, -0.1) is 11.3 Å². The lowest BCUT2D eigenvalue weighted by Crippen LogP contribution is -1.83. The molecule has 0 aliphatic carbocycles. The molecule has 4 heteroatoms. The van der Waals surface area contributed by atoms with Gasteiger partial charge in [-0.25, -0.2) is 4.98 Å². The number of nitriles is 1. The van der Waals surface area contributed by atoms with Crippen LogP contribution in [0.25, 0.3) is 21.5 Å². The summed E-state index contributed by atoms with van der Waals surface area (Å²) in [5.41, 5.74) is 3.40. The Kier molecular flexibility index (Phi) is 3.06. The number of hydrogen-bond acceptors (Lipinski definition) is 3. The molecule has 1 aromatic carbocycles. The van der Waals surface area contributed by atoms with Gasteiger partial charge < -0.3 is 4.57 Å². The molecular weight excluding hydrogens is 254 g/mol. The largest absolute Gasteiger partial charge is 0.350 e. The molecule has 94 valence electrons. The van der Waals surface area contributed by atoms with Crippen LogP contribution < -0.4 is 0 Å². The van der Waals surface area contributed by atoms with Gasteiger partial charge in [0.25, 0.3) is 0 Å². The Morgan fingerprint density at radius 1 is 1.37 bits per heavy atom. The van der Waals surface area contributed by atoms with E-state index >= 15 is 0 Å². The molecule has 0 bridgehead atoms. The van der Waals surface area contributed by atoms with E-state index in [9.17, 15) is 0 Å². The fraction of sp³-hybridized carbons (Fsp3) is 0.200. The van der Waals surface area contributed by atoms with Crippen molar-refractivity contribution in [2.45, 2.75) is 12.8 Å². The number of aryl methyl sites for hydroxylation is 2. The van der Waals surface area contributed by atoms with Crippen molar-refractivity contribution < 1.29 is 0 Å². The number of hydrogen-bond donors (Lipinski definition) is 0. The zero-order chi connectivity index (χ0) is 13.2. The van der Waals surface area contributed by atoms with Crippen LogP contribution in [0, 0.1) is 11.3 Å². The zero-order valence-corrected chi connectivity index (χ0v) is 11.4. The second-order valence-corrected chi connectivity index (χ2v) is 5.33. The fourth-order valence-corrected chi connectivity index (χ4v) is 3.12. The third kappa shape index (κ3) is 2.13. The molecule has 0 atom stereocenters. The molecular formula is C15H13N3S. The second kappa shape index (κ2) is 4.87. The van der Waals surface area contributed by atoms with Gasteiger partial charge in [0.15, 0.2) is 0 Å². The van der Waals surface area contributed by atoms with Crippen molar-refractivity contribution in [2.75, 3.05) is 0 Å². The summed E-state index contributed by atoms with van der Waals surface area (Å²) in [6.45, 7) is 0. The van der Waals surface area contributed by atoms with E-state index in [1.54, 1.807) is 11.3 Å². The van der Waals surface area contributed by atoms with Crippen LogP contribution in [-0.4, -0.2) is 9.55 Å². The molecule has 2 aromatic heterocycles. The number of nitrogens with zero attached hydrogens (tertiary/aromatic N) is 3. The highest BCUT2D eigenvalue weighted by Crippen LogP contribution is 2.32. The van der Waals surface area contributed by atoms with Crippen LogP contribution in [0.2, 0.25) is 0 Å². The lowest BCUT2D eigenvalue weighted by Gasteiger charge is -1.94. The summed E-state index contributed by atoms with van der Waals surface area (Å²) >= 11 is 1.65. The number of rotatable bonds is 3. The van der Waals surface area contributed by atoms with Crippen molar-refractivity contribution in [3.05, 3.63) is 41.5 Å². The minimum Gasteiger partial charge on any atom is -0.350 e. The van der Waals surface area contributed by atoms with Crippen molar-refractivity contribution in [3.8, 4) is 16.6 Å². The van der Waals surface area contributed by atoms with Crippen LogP contribution in [0.5, 0.6) is 0 Å². The van der Waals surface area contributed by atoms with Gasteiger partial charge in [0.1, 0.15) is 5.01 Å². The topological polar surface area (TPSA) is 41.6 Å². The first-order valence-electron chi connectivity index (χ1n) is 6.15. The smallest absolute Gasteiger partial charge is 0.125 e. The van der Waals surface area contributed by atoms with Crippen molar-refractivity contribution in [3.63, 3.8) is 0 Å². The van der Waals surface area contributed by atoms with Gasteiger partial charge >= 0.3 is 0 Å². The van der Waals surface area contributed by atoms with Gasteiger partial charge in [-0.05, 0) is 6.07 Å². The Morgan fingerprint density at radius 3 is 3.05 bits per heavy atom. The quantitative estimate of drug-likeness (QED) is 0.725. The first-order valence-corrected chi connectivity index (χ1v) is 7.03. The van der Waals surface area contributed by atoms with Gasteiger partial charge in [-0.3, -0.25) is 0 Å². The molecule has 3 rings (SSSR count). The maximum atomic E-state index is 8.62. The highest BCUT2D eigenvalue weighted by atomic mass is 32.1. The predicted octanol–water partition coefficient (Wildman–Crippen LogP) is 3.76. The molecule has 19 heavy (non-hydrogen) atoms. The van der Waals surface area contributed by atoms with Crippen LogP contribution in [0.4, 0.5) is 0 Å². The molecule has 0 fully saturated rings. The van der Waals surface area contributed by atoms with Gasteiger partial charge in [0, 0.05) is 47.9 Å². The number of fused-ring (bicyclic) bond motifs is 1. The summed E-state index contributed by atoms with van der Waals surface area (Å²) < 4.78 is 2.13. The van der Waals surface area contributed by atoms with E-state index in [1.165, 1.54) is 16.5 Å². The SMILES string of the molecule is Cn1cc(-c2nc(CCC#N)cs2)c2ccccc21. The first kappa shape index (κ1) is 11.9. The van der Waals surface area contributed by atoms with Crippen LogP contribution in [0.15, 0.2) is 35.8 Å². The standard InChI is InChI=1S/C15H13N3S/c1-18-9-13(12-6-2-3-7-14(12)18)15-17-11(10-19-15)5-4-8-16/h2-3,6-7,9-10H,4-5H2,1H3. The zero-order valence-electron chi connectivity index (χ0n) is 10.6. The van der Waals surface area contributed by atoms with Crippen LogP contribution in [0.1, 0.15) is 12.1 Å². The highest BCUT2D eigenvalue weighted by Gasteiger charge is 2.11. The average Bonchev–Trinajstić information content (AvgIpc) is 3.02. The summed E-state index contributed by atoms with van der Waals surface area (Å²) in [5.74, 6) is 0. The molecule has 0 spiro atoms. The van der Waals surface area contributed by atoms with E-state index in [4.69, 9.17) is 5.26 Å². The molecule has 0 amide bonds. The van der Waals surface area contributed by atoms with Crippen molar-refractivity contribution in [1.82, 2.24) is 9.55 Å². The summed E-state index contributed by atoms with van der Waals surface area (Å²) in [6, 6.07) is 10.5. The molecule has 0 aliphatic rings. The lowest BCUT2D eigenvalue weighted by molar-refractivity contribution is 0.963. The molecule has 0 saturated heterocycles. The van der Waals surface area contributed by atoms with Crippen molar-refractivity contribution in [2.24, 2.45) is 7.05 Å². The predicted molar refractivity (Wildman–Crippen MR) is 78.0 cm³/mol. The minimum atomic E-state index is 0.526. The van der Waals surface area contributed by atoms with E-state index in [-0.39, 0.29) is 0 Å². The maximum absolute atomic E-state index is 8.62. The third-order valence-corrected chi connectivity index (χ3v) is 4.10. The van der Waals surface area contributed by atoms with E-state index in [0.717, 1.165) is 17.1 Å². The van der Waals surface area contributed by atoms with Crippen LogP contribution in [0.3, 0.4) is 0 Å². The summed E-state index contributed by atoms with van der Waals surface area (Å²) in [5, 5.41) is 12.9. The third-order valence-electron chi connectivity index (χ3n) is 3.17. The lowest BCUT2D eigenvalue weighted by atomic mass is 10.2. The summed E-state index contributed by atoms with van der Waals surface area (Å²) in [4.78, 5) is 4.64. The summed E-state index contributed by atoms with van der Waals surface area (Å²) in [6.07, 6.45) is 3.38. The van der Waals surface area contributed by atoms with E-state index in [2.05, 4.69) is 52.4 Å². The highest BCUT2D eigenvalue weighted by molar-refractivity contribution is 7.13. The number of thiazole rings is 1. The Hall–Kier alpha value is -2.12. The molecule has 3 aromatic rings. The van der Waals surface area contributed by atoms with E-state index in [1.807, 2.05) is 6.07 Å². The van der Waals surface area contributed by atoms with Crippen LogP contribution in [-0.2, 0) is 13.5 Å². The van der Waals surface area contributed by atoms with Crippen molar-refractivity contribution in [1.29, 1.82) is 5.26 Å². The van der Waals surface area contributed by atoms with Gasteiger partial charge in [0.05, 0.1) is 11.8 Å². The molecule has 0 unspecified atom stereocenters. The molecule has 3 nitrogen and oxygen atoms in total. The number of para-hydroxylation sites is 1. The second-order valence-electron chi connectivity index (χ2n) is 4.47. The normalized spacial score (nSPS) is 10.7. The monoisotopic (exact) mass is 267 g/mol. The summed E-state index contributed by atoms with van der Waals surface area (Å²) in [7, 11) is 2.05. The van der Waals surface area contributed by atoms with Gasteiger partial charge in [-0.2, -0.15) is 5.26 Å². The molecule has 0 N–H and O–H groups in total. The maximum Gasteiger partial charge on any atom is 0.125 e. The Labute approximate surface area is 115 Å². The Bertz CT molecular complexity index is 761. The Balaban J connectivity index is 2.05. The van der Waals surface area contributed by atoms with Gasteiger partial charge in [-0.1, -0.05) is 18.2 Å². The molecule has 0 saturated carbocycles. The average molecular weight is 267 g/mol. The van der Waals surface area contributed by atoms with Crippen molar-refractivity contribution >= 4 is 22.2 Å². The van der Waals surface area contributed by atoms with E-state index < -0.39 is 0 Å².